The summed E-state index contributed by atoms with van der Waals surface area (Å²) in [5, 5.41) is 0.740. The van der Waals surface area contributed by atoms with Crippen molar-refractivity contribution in [3.63, 3.8) is 0 Å². The summed E-state index contributed by atoms with van der Waals surface area (Å²) in [6.07, 6.45) is 2.68. The molecular weight excluding hydrogens is 327 g/mol. The van der Waals surface area contributed by atoms with Crippen LogP contribution in [0.1, 0.15) is 12.0 Å². The molecule has 0 aliphatic carbocycles. The summed E-state index contributed by atoms with van der Waals surface area (Å²) in [4.78, 5) is 4.30. The number of pyridine rings is 1. The van der Waals surface area contributed by atoms with Crippen molar-refractivity contribution < 1.29 is 12.8 Å². The van der Waals surface area contributed by atoms with Crippen LogP contribution in [0.5, 0.6) is 0 Å². The van der Waals surface area contributed by atoms with E-state index in [9.17, 15) is 12.8 Å². The molecule has 24 heavy (non-hydrogen) atoms. The number of aryl methyl sites for hydroxylation is 1. The SMILES string of the molecule is O=S(=O)(c1cnc2ccccc2c1)N1CCCc2cccc(F)c21. The molecule has 0 unspecified atom stereocenters. The van der Waals surface area contributed by atoms with Gasteiger partial charge in [-0.15, -0.1) is 0 Å². The average molecular weight is 342 g/mol. The normalized spacial score (nSPS) is 14.6. The molecule has 4 nitrogen and oxygen atoms in total. The largest absolute Gasteiger partial charge is 0.265 e. The number of rotatable bonds is 2. The van der Waals surface area contributed by atoms with Crippen molar-refractivity contribution in [2.24, 2.45) is 0 Å². The van der Waals surface area contributed by atoms with Crippen molar-refractivity contribution in [2.45, 2.75) is 17.7 Å². The first kappa shape index (κ1) is 15.1. The minimum atomic E-state index is -3.86. The van der Waals surface area contributed by atoms with Gasteiger partial charge in [0.15, 0.2) is 0 Å². The molecule has 2 aromatic carbocycles. The third-order valence-corrected chi connectivity index (χ3v) is 6.04. The molecule has 0 saturated heterocycles. The van der Waals surface area contributed by atoms with Gasteiger partial charge in [0.2, 0.25) is 0 Å². The second kappa shape index (κ2) is 5.56. The minimum absolute atomic E-state index is 0.0808. The Morgan fingerprint density at radius 3 is 2.79 bits per heavy atom. The predicted molar refractivity (Wildman–Crippen MR) is 91.0 cm³/mol. The number of anilines is 1. The number of hydrogen-bond donors (Lipinski definition) is 0. The molecule has 0 N–H and O–H groups in total. The number of benzene rings is 2. The quantitative estimate of drug-likeness (QED) is 0.716. The van der Waals surface area contributed by atoms with E-state index < -0.39 is 15.8 Å². The van der Waals surface area contributed by atoms with E-state index in [1.54, 1.807) is 18.2 Å². The van der Waals surface area contributed by atoms with E-state index >= 15 is 0 Å². The molecule has 1 aliphatic rings. The maximum Gasteiger partial charge on any atom is 0.265 e. The highest BCUT2D eigenvalue weighted by molar-refractivity contribution is 7.92. The van der Waals surface area contributed by atoms with E-state index in [0.29, 0.717) is 12.8 Å². The van der Waals surface area contributed by atoms with Crippen LogP contribution in [0.15, 0.2) is 59.6 Å². The molecule has 0 saturated carbocycles. The van der Waals surface area contributed by atoms with Gasteiger partial charge in [-0.25, -0.2) is 12.8 Å². The summed E-state index contributed by atoms with van der Waals surface area (Å²) in [5.74, 6) is -0.510. The summed E-state index contributed by atoms with van der Waals surface area (Å²) >= 11 is 0. The van der Waals surface area contributed by atoms with Crippen LogP contribution >= 0.6 is 0 Å². The lowest BCUT2D eigenvalue weighted by Gasteiger charge is -2.30. The van der Waals surface area contributed by atoms with Gasteiger partial charge in [0.05, 0.1) is 11.2 Å². The van der Waals surface area contributed by atoms with Crippen LogP contribution in [0.4, 0.5) is 10.1 Å². The van der Waals surface area contributed by atoms with Gasteiger partial charge in [-0.3, -0.25) is 9.29 Å². The highest BCUT2D eigenvalue weighted by Crippen LogP contribution is 2.34. The lowest BCUT2D eigenvalue weighted by Crippen LogP contribution is -2.36. The molecule has 0 amide bonds. The van der Waals surface area contributed by atoms with Gasteiger partial charge < -0.3 is 0 Å². The first-order valence-corrected chi connectivity index (χ1v) is 9.16. The van der Waals surface area contributed by atoms with Gasteiger partial charge in [-0.1, -0.05) is 30.3 Å². The van der Waals surface area contributed by atoms with Crippen molar-refractivity contribution in [1.82, 2.24) is 4.98 Å². The van der Waals surface area contributed by atoms with Crippen molar-refractivity contribution in [3.8, 4) is 0 Å². The fourth-order valence-corrected chi connectivity index (χ4v) is 4.66. The molecule has 0 bridgehead atoms. The Kier molecular flexibility index (Phi) is 3.49. The van der Waals surface area contributed by atoms with Crippen LogP contribution in [-0.4, -0.2) is 19.9 Å². The topological polar surface area (TPSA) is 50.3 Å². The molecule has 0 atom stereocenters. The maximum atomic E-state index is 14.3. The number of hydrogen-bond acceptors (Lipinski definition) is 3. The predicted octanol–water partition coefficient (Wildman–Crippen LogP) is 3.52. The molecule has 2 heterocycles. The van der Waals surface area contributed by atoms with Gasteiger partial charge in [0.25, 0.3) is 10.0 Å². The number of nitrogens with zero attached hydrogens (tertiary/aromatic N) is 2. The van der Waals surface area contributed by atoms with Crippen LogP contribution in [0.3, 0.4) is 0 Å². The summed E-state index contributed by atoms with van der Waals surface area (Å²) in [5.41, 5.74) is 1.61. The van der Waals surface area contributed by atoms with Crippen LogP contribution in [-0.2, 0) is 16.4 Å². The first-order valence-electron chi connectivity index (χ1n) is 7.72. The van der Waals surface area contributed by atoms with Crippen molar-refractivity contribution in [3.05, 3.63) is 66.1 Å². The van der Waals surface area contributed by atoms with Crippen LogP contribution in [0.25, 0.3) is 10.9 Å². The van der Waals surface area contributed by atoms with Crippen molar-refractivity contribution in [1.29, 1.82) is 0 Å². The summed E-state index contributed by atoms with van der Waals surface area (Å²) in [6, 6.07) is 13.6. The Hall–Kier alpha value is -2.47. The molecule has 6 heteroatoms. The van der Waals surface area contributed by atoms with Gasteiger partial charge >= 0.3 is 0 Å². The minimum Gasteiger partial charge on any atom is -0.263 e. The monoisotopic (exact) mass is 342 g/mol. The Morgan fingerprint density at radius 2 is 1.92 bits per heavy atom. The summed E-state index contributed by atoms with van der Waals surface area (Å²) in [7, 11) is -3.86. The third kappa shape index (κ3) is 2.34. The highest BCUT2D eigenvalue weighted by Gasteiger charge is 2.31. The van der Waals surface area contributed by atoms with E-state index in [1.165, 1.54) is 16.6 Å². The van der Waals surface area contributed by atoms with E-state index in [2.05, 4.69) is 4.98 Å². The lowest BCUT2D eigenvalue weighted by molar-refractivity contribution is 0.577. The number of halogens is 1. The fourth-order valence-electron chi connectivity index (χ4n) is 3.13. The summed E-state index contributed by atoms with van der Waals surface area (Å²) in [6.45, 7) is 0.267. The average Bonchev–Trinajstić information content (AvgIpc) is 2.61. The zero-order valence-electron chi connectivity index (χ0n) is 12.8. The smallest absolute Gasteiger partial charge is 0.263 e. The van der Waals surface area contributed by atoms with E-state index in [0.717, 1.165) is 16.5 Å². The second-order valence-corrected chi connectivity index (χ2v) is 7.65. The van der Waals surface area contributed by atoms with Gasteiger partial charge in [0.1, 0.15) is 10.7 Å². The summed E-state index contributed by atoms with van der Waals surface area (Å²) < 4.78 is 41.6. The Morgan fingerprint density at radius 1 is 1.08 bits per heavy atom. The molecule has 3 aromatic rings. The highest BCUT2D eigenvalue weighted by atomic mass is 32.2. The van der Waals surface area contributed by atoms with Crippen LogP contribution < -0.4 is 4.31 Å². The number of aromatic nitrogens is 1. The van der Waals surface area contributed by atoms with Crippen LogP contribution in [0.2, 0.25) is 0 Å². The van der Waals surface area contributed by atoms with Crippen molar-refractivity contribution in [2.75, 3.05) is 10.8 Å². The standard InChI is InChI=1S/C18H15FN2O2S/c19-16-8-3-6-13-7-4-10-21(18(13)16)24(22,23)15-11-14-5-1-2-9-17(14)20-12-15/h1-3,5-6,8-9,11-12H,4,7,10H2. The maximum absolute atomic E-state index is 14.3. The Balaban J connectivity index is 1.86. The number of fused-ring (bicyclic) bond motifs is 2. The van der Waals surface area contributed by atoms with Gasteiger partial charge in [-0.2, -0.15) is 0 Å². The van der Waals surface area contributed by atoms with Crippen molar-refractivity contribution >= 4 is 26.6 Å². The first-order chi connectivity index (χ1) is 11.6. The third-order valence-electron chi connectivity index (χ3n) is 4.28. The molecule has 4 rings (SSSR count). The molecule has 0 fully saturated rings. The fraction of sp³-hybridized carbons (Fsp3) is 0.167. The Bertz CT molecular complexity index is 1030. The molecule has 1 aromatic heterocycles. The molecule has 0 radical (unpaired) electrons. The zero-order chi connectivity index (χ0) is 16.7. The van der Waals surface area contributed by atoms with Crippen LogP contribution in [0, 0.1) is 5.82 Å². The molecule has 1 aliphatic heterocycles. The molecule has 0 spiro atoms. The Labute approximate surface area is 139 Å². The van der Waals surface area contributed by atoms with Gasteiger partial charge in [-0.05, 0) is 36.6 Å². The van der Waals surface area contributed by atoms with E-state index in [1.807, 2.05) is 24.3 Å². The molecular formula is C18H15FN2O2S. The van der Waals surface area contributed by atoms with E-state index in [-0.39, 0.29) is 17.1 Å². The zero-order valence-corrected chi connectivity index (χ0v) is 13.6. The lowest BCUT2D eigenvalue weighted by atomic mass is 10.0. The number of para-hydroxylation sites is 2. The van der Waals surface area contributed by atoms with E-state index in [4.69, 9.17) is 0 Å². The number of sulfonamides is 1. The molecule has 122 valence electrons. The second-order valence-electron chi connectivity index (χ2n) is 5.79. The van der Waals surface area contributed by atoms with Gasteiger partial charge in [0, 0.05) is 18.1 Å².